The van der Waals surface area contributed by atoms with E-state index >= 15 is 0 Å². The van der Waals surface area contributed by atoms with Gasteiger partial charge in [0.25, 0.3) is 0 Å². The lowest BCUT2D eigenvalue weighted by atomic mass is 9.94. The molecule has 1 unspecified atom stereocenters. The van der Waals surface area contributed by atoms with Crippen LogP contribution in [-0.2, 0) is 12.8 Å². The summed E-state index contributed by atoms with van der Waals surface area (Å²) in [6, 6.07) is 12.7. The summed E-state index contributed by atoms with van der Waals surface area (Å²) >= 11 is 7.96. The molecule has 0 radical (unpaired) electrons. The van der Waals surface area contributed by atoms with E-state index in [1.165, 1.54) is 29.7 Å². The first-order valence-electron chi connectivity index (χ1n) is 7.75. The van der Waals surface area contributed by atoms with E-state index in [0.29, 0.717) is 5.92 Å². The monoisotopic (exact) mass is 321 g/mol. The minimum atomic E-state index is 0.664. The molecule has 0 aliphatic carbocycles. The predicted octanol–water partition coefficient (Wildman–Crippen LogP) is 5.19. The minimum Gasteiger partial charge on any atom is -0.316 e. The Hall–Kier alpha value is -0.830. The standard InChI is InChI=1S/C18H24ClNS/c1-2-10-20-14-16(8-9-18-7-4-11-21-18)12-15-5-3-6-17(19)13-15/h3-7,11,13,16,20H,2,8-10,12,14H2,1H3. The molecule has 1 aromatic heterocycles. The fraction of sp³-hybridized carbons (Fsp3) is 0.444. The Balaban J connectivity index is 1.90. The Bertz CT molecular complexity index is 510. The number of rotatable bonds is 9. The summed E-state index contributed by atoms with van der Waals surface area (Å²) in [5.41, 5.74) is 1.34. The van der Waals surface area contributed by atoms with E-state index in [1.807, 2.05) is 23.5 Å². The summed E-state index contributed by atoms with van der Waals surface area (Å²) in [7, 11) is 0. The van der Waals surface area contributed by atoms with Crippen molar-refractivity contribution in [2.24, 2.45) is 5.92 Å². The molecule has 3 heteroatoms. The summed E-state index contributed by atoms with van der Waals surface area (Å²) in [5, 5.41) is 6.57. The van der Waals surface area contributed by atoms with Gasteiger partial charge < -0.3 is 5.32 Å². The van der Waals surface area contributed by atoms with Gasteiger partial charge in [0, 0.05) is 9.90 Å². The zero-order chi connectivity index (χ0) is 14.9. The van der Waals surface area contributed by atoms with E-state index in [-0.39, 0.29) is 0 Å². The summed E-state index contributed by atoms with van der Waals surface area (Å²) in [5.74, 6) is 0.664. The highest BCUT2D eigenvalue weighted by molar-refractivity contribution is 7.09. The summed E-state index contributed by atoms with van der Waals surface area (Å²) < 4.78 is 0. The van der Waals surface area contributed by atoms with E-state index in [9.17, 15) is 0 Å². The fourth-order valence-electron chi connectivity index (χ4n) is 2.56. The largest absolute Gasteiger partial charge is 0.316 e. The third-order valence-electron chi connectivity index (χ3n) is 3.65. The second-order valence-electron chi connectivity index (χ2n) is 5.52. The lowest BCUT2D eigenvalue weighted by molar-refractivity contribution is 0.445. The molecular weight excluding hydrogens is 298 g/mol. The molecule has 1 atom stereocenters. The molecule has 0 saturated carbocycles. The first kappa shape index (κ1) is 16.5. The summed E-state index contributed by atoms with van der Waals surface area (Å²) in [6.45, 7) is 4.40. The molecule has 1 heterocycles. The molecule has 114 valence electrons. The van der Waals surface area contributed by atoms with Crippen LogP contribution in [0.1, 0.15) is 30.2 Å². The van der Waals surface area contributed by atoms with Crippen LogP contribution in [0.3, 0.4) is 0 Å². The van der Waals surface area contributed by atoms with E-state index in [1.54, 1.807) is 0 Å². The van der Waals surface area contributed by atoms with Gasteiger partial charge in [-0.15, -0.1) is 11.3 Å². The molecule has 0 saturated heterocycles. The van der Waals surface area contributed by atoms with Crippen LogP contribution >= 0.6 is 22.9 Å². The molecular formula is C18H24ClNS. The van der Waals surface area contributed by atoms with E-state index in [0.717, 1.165) is 24.5 Å². The predicted molar refractivity (Wildman–Crippen MR) is 94.4 cm³/mol. The minimum absolute atomic E-state index is 0.664. The van der Waals surface area contributed by atoms with Gasteiger partial charge in [-0.2, -0.15) is 0 Å². The topological polar surface area (TPSA) is 12.0 Å². The third-order valence-corrected chi connectivity index (χ3v) is 4.82. The molecule has 0 aliphatic heterocycles. The smallest absolute Gasteiger partial charge is 0.0408 e. The number of halogens is 1. The Labute approximate surface area is 137 Å². The average Bonchev–Trinajstić information content (AvgIpc) is 2.98. The van der Waals surface area contributed by atoms with Crippen molar-refractivity contribution in [2.75, 3.05) is 13.1 Å². The second kappa shape index (κ2) is 9.24. The molecule has 0 aliphatic rings. The molecule has 0 bridgehead atoms. The Kier molecular flexibility index (Phi) is 7.28. The highest BCUT2D eigenvalue weighted by atomic mass is 35.5. The zero-order valence-electron chi connectivity index (χ0n) is 12.6. The molecule has 2 aromatic rings. The highest BCUT2D eigenvalue weighted by Gasteiger charge is 2.10. The van der Waals surface area contributed by atoms with E-state index < -0.39 is 0 Å². The van der Waals surface area contributed by atoms with Crippen LogP contribution in [0, 0.1) is 5.92 Å². The second-order valence-corrected chi connectivity index (χ2v) is 6.99. The van der Waals surface area contributed by atoms with Gasteiger partial charge in [-0.3, -0.25) is 0 Å². The van der Waals surface area contributed by atoms with Crippen molar-refractivity contribution >= 4 is 22.9 Å². The van der Waals surface area contributed by atoms with Crippen molar-refractivity contribution in [3.63, 3.8) is 0 Å². The average molecular weight is 322 g/mol. The maximum atomic E-state index is 6.10. The van der Waals surface area contributed by atoms with Gasteiger partial charge in [0.15, 0.2) is 0 Å². The number of aryl methyl sites for hydroxylation is 1. The maximum Gasteiger partial charge on any atom is 0.0408 e. The van der Waals surface area contributed by atoms with Crippen molar-refractivity contribution in [1.29, 1.82) is 0 Å². The number of hydrogen-bond donors (Lipinski definition) is 1. The van der Waals surface area contributed by atoms with Crippen LogP contribution in [0.15, 0.2) is 41.8 Å². The molecule has 2 rings (SSSR count). The lowest BCUT2D eigenvalue weighted by Gasteiger charge is -2.17. The van der Waals surface area contributed by atoms with Crippen molar-refractivity contribution in [3.8, 4) is 0 Å². The number of benzene rings is 1. The van der Waals surface area contributed by atoms with Gasteiger partial charge in [-0.05, 0) is 73.8 Å². The van der Waals surface area contributed by atoms with Gasteiger partial charge >= 0.3 is 0 Å². The van der Waals surface area contributed by atoms with Gasteiger partial charge in [0.05, 0.1) is 0 Å². The van der Waals surface area contributed by atoms with E-state index in [2.05, 4.69) is 41.9 Å². The molecule has 0 amide bonds. The van der Waals surface area contributed by atoms with Gasteiger partial charge in [-0.1, -0.05) is 36.7 Å². The summed E-state index contributed by atoms with van der Waals surface area (Å²) in [4.78, 5) is 1.49. The molecule has 1 aromatic carbocycles. The molecule has 1 N–H and O–H groups in total. The van der Waals surface area contributed by atoms with Crippen LogP contribution in [0.5, 0.6) is 0 Å². The van der Waals surface area contributed by atoms with Gasteiger partial charge in [0.2, 0.25) is 0 Å². The molecule has 0 fully saturated rings. The Morgan fingerprint density at radius 1 is 1.24 bits per heavy atom. The fourth-order valence-corrected chi connectivity index (χ4v) is 3.50. The first-order chi connectivity index (χ1) is 10.3. The normalized spacial score (nSPS) is 12.5. The van der Waals surface area contributed by atoms with Crippen molar-refractivity contribution in [3.05, 3.63) is 57.2 Å². The highest BCUT2D eigenvalue weighted by Crippen LogP contribution is 2.19. The Morgan fingerprint density at radius 3 is 2.86 bits per heavy atom. The number of thiophene rings is 1. The summed E-state index contributed by atoms with van der Waals surface area (Å²) in [6.07, 6.45) is 4.69. The quantitative estimate of drug-likeness (QED) is 0.626. The van der Waals surface area contributed by atoms with Crippen molar-refractivity contribution in [1.82, 2.24) is 5.32 Å². The van der Waals surface area contributed by atoms with Crippen LogP contribution in [-0.4, -0.2) is 13.1 Å². The zero-order valence-corrected chi connectivity index (χ0v) is 14.2. The SMILES string of the molecule is CCCNCC(CCc1cccs1)Cc1cccc(Cl)c1. The van der Waals surface area contributed by atoms with E-state index in [4.69, 9.17) is 11.6 Å². The molecule has 0 spiro atoms. The van der Waals surface area contributed by atoms with Crippen molar-refractivity contribution < 1.29 is 0 Å². The van der Waals surface area contributed by atoms with Crippen molar-refractivity contribution in [2.45, 2.75) is 32.6 Å². The van der Waals surface area contributed by atoms with Gasteiger partial charge in [-0.25, -0.2) is 0 Å². The van der Waals surface area contributed by atoms with Crippen LogP contribution < -0.4 is 5.32 Å². The maximum absolute atomic E-state index is 6.10. The molecule has 1 nitrogen and oxygen atoms in total. The molecule has 21 heavy (non-hydrogen) atoms. The van der Waals surface area contributed by atoms with Gasteiger partial charge in [0.1, 0.15) is 0 Å². The third kappa shape index (κ3) is 6.21. The van der Waals surface area contributed by atoms with Crippen LogP contribution in [0.2, 0.25) is 5.02 Å². The number of hydrogen-bond acceptors (Lipinski definition) is 2. The van der Waals surface area contributed by atoms with Crippen LogP contribution in [0.25, 0.3) is 0 Å². The number of nitrogens with one attached hydrogen (secondary N) is 1. The Morgan fingerprint density at radius 2 is 2.14 bits per heavy atom. The first-order valence-corrected chi connectivity index (χ1v) is 9.01. The van der Waals surface area contributed by atoms with Crippen LogP contribution in [0.4, 0.5) is 0 Å². The lowest BCUT2D eigenvalue weighted by Crippen LogP contribution is -2.25.